The standard InChI is InChI=1S/C15H15FO3/c1-18-13-7-6-12(14(16)8-13)10-19-15-5-3-2-4-11(15)9-17/h2-8,17H,9-10H2,1H3. The van der Waals surface area contributed by atoms with Crippen LogP contribution in [0.15, 0.2) is 42.5 Å². The Labute approximate surface area is 111 Å². The van der Waals surface area contributed by atoms with E-state index in [0.717, 1.165) is 0 Å². The first-order valence-electron chi connectivity index (χ1n) is 5.88. The van der Waals surface area contributed by atoms with Crippen LogP contribution in [0.4, 0.5) is 4.39 Å². The lowest BCUT2D eigenvalue weighted by Crippen LogP contribution is -2.01. The maximum absolute atomic E-state index is 13.7. The summed E-state index contributed by atoms with van der Waals surface area (Å²) in [4.78, 5) is 0. The number of ether oxygens (including phenoxy) is 2. The zero-order valence-corrected chi connectivity index (χ0v) is 10.6. The second kappa shape index (κ2) is 6.20. The molecule has 0 aliphatic carbocycles. The van der Waals surface area contributed by atoms with E-state index in [0.29, 0.717) is 22.6 Å². The van der Waals surface area contributed by atoms with Gasteiger partial charge in [0.2, 0.25) is 0 Å². The Balaban J connectivity index is 2.10. The van der Waals surface area contributed by atoms with Gasteiger partial charge in [-0.3, -0.25) is 0 Å². The topological polar surface area (TPSA) is 38.7 Å². The van der Waals surface area contributed by atoms with Gasteiger partial charge in [0.1, 0.15) is 23.9 Å². The lowest BCUT2D eigenvalue weighted by molar-refractivity contribution is 0.257. The van der Waals surface area contributed by atoms with E-state index in [1.807, 2.05) is 6.07 Å². The molecule has 4 heteroatoms. The minimum atomic E-state index is -0.374. The van der Waals surface area contributed by atoms with E-state index >= 15 is 0 Å². The fraction of sp³-hybridized carbons (Fsp3) is 0.200. The van der Waals surface area contributed by atoms with Crippen molar-refractivity contribution in [3.05, 3.63) is 59.4 Å². The molecule has 100 valence electrons. The van der Waals surface area contributed by atoms with Gasteiger partial charge in [-0.2, -0.15) is 0 Å². The zero-order valence-electron chi connectivity index (χ0n) is 10.6. The van der Waals surface area contributed by atoms with Gasteiger partial charge in [-0.05, 0) is 18.2 Å². The molecule has 0 bridgehead atoms. The van der Waals surface area contributed by atoms with Crippen LogP contribution in [0.2, 0.25) is 0 Å². The first-order valence-corrected chi connectivity index (χ1v) is 5.88. The van der Waals surface area contributed by atoms with Gasteiger partial charge in [0.15, 0.2) is 0 Å². The van der Waals surface area contributed by atoms with E-state index in [2.05, 4.69) is 0 Å². The molecule has 0 radical (unpaired) electrons. The number of aliphatic hydroxyl groups is 1. The Bertz CT molecular complexity index is 555. The highest BCUT2D eigenvalue weighted by Crippen LogP contribution is 2.21. The van der Waals surface area contributed by atoms with Crippen molar-refractivity contribution in [2.24, 2.45) is 0 Å². The number of benzene rings is 2. The zero-order chi connectivity index (χ0) is 13.7. The summed E-state index contributed by atoms with van der Waals surface area (Å²) in [5, 5.41) is 9.17. The third-order valence-electron chi connectivity index (χ3n) is 2.79. The van der Waals surface area contributed by atoms with Gasteiger partial charge in [-0.1, -0.05) is 18.2 Å². The van der Waals surface area contributed by atoms with E-state index in [9.17, 15) is 4.39 Å². The number of rotatable bonds is 5. The van der Waals surface area contributed by atoms with Gasteiger partial charge >= 0.3 is 0 Å². The van der Waals surface area contributed by atoms with Crippen LogP contribution in [0.5, 0.6) is 11.5 Å². The molecule has 0 amide bonds. The number of hydrogen-bond donors (Lipinski definition) is 1. The monoisotopic (exact) mass is 262 g/mol. The van der Waals surface area contributed by atoms with E-state index in [-0.39, 0.29) is 19.0 Å². The number of hydrogen-bond acceptors (Lipinski definition) is 3. The quantitative estimate of drug-likeness (QED) is 0.900. The van der Waals surface area contributed by atoms with Crippen molar-refractivity contribution in [1.82, 2.24) is 0 Å². The predicted octanol–water partition coefficient (Wildman–Crippen LogP) is 2.91. The van der Waals surface area contributed by atoms with Crippen LogP contribution in [0.3, 0.4) is 0 Å². The van der Waals surface area contributed by atoms with Crippen LogP contribution in [-0.2, 0) is 13.2 Å². The van der Waals surface area contributed by atoms with Crippen LogP contribution >= 0.6 is 0 Å². The molecule has 0 aromatic heterocycles. The number of aliphatic hydroxyl groups excluding tert-OH is 1. The van der Waals surface area contributed by atoms with Gasteiger partial charge in [0.25, 0.3) is 0 Å². The van der Waals surface area contributed by atoms with Crippen LogP contribution in [0.25, 0.3) is 0 Å². The Hall–Kier alpha value is -2.07. The molecule has 0 aliphatic rings. The van der Waals surface area contributed by atoms with E-state index in [1.165, 1.54) is 13.2 Å². The van der Waals surface area contributed by atoms with Gasteiger partial charge < -0.3 is 14.6 Å². The second-order valence-corrected chi connectivity index (χ2v) is 4.01. The molecule has 0 unspecified atom stereocenters. The molecule has 0 atom stereocenters. The van der Waals surface area contributed by atoms with Crippen molar-refractivity contribution < 1.29 is 19.0 Å². The molecule has 19 heavy (non-hydrogen) atoms. The molecular formula is C15H15FO3. The van der Waals surface area contributed by atoms with Gasteiger partial charge in [0.05, 0.1) is 13.7 Å². The second-order valence-electron chi connectivity index (χ2n) is 4.01. The van der Waals surface area contributed by atoms with E-state index in [4.69, 9.17) is 14.6 Å². The highest BCUT2D eigenvalue weighted by molar-refractivity contribution is 5.33. The van der Waals surface area contributed by atoms with Crippen molar-refractivity contribution in [1.29, 1.82) is 0 Å². The minimum absolute atomic E-state index is 0.104. The van der Waals surface area contributed by atoms with Crippen LogP contribution in [0.1, 0.15) is 11.1 Å². The molecule has 0 saturated carbocycles. The molecule has 3 nitrogen and oxygen atoms in total. The molecule has 0 heterocycles. The summed E-state index contributed by atoms with van der Waals surface area (Å²) in [6.45, 7) is -0.00584. The lowest BCUT2D eigenvalue weighted by Gasteiger charge is -2.11. The fourth-order valence-corrected chi connectivity index (χ4v) is 1.70. The minimum Gasteiger partial charge on any atom is -0.497 e. The largest absolute Gasteiger partial charge is 0.497 e. The van der Waals surface area contributed by atoms with Crippen LogP contribution < -0.4 is 9.47 Å². The Morgan fingerprint density at radius 1 is 1.11 bits per heavy atom. The summed E-state index contributed by atoms with van der Waals surface area (Å²) >= 11 is 0. The average molecular weight is 262 g/mol. The van der Waals surface area contributed by atoms with Crippen LogP contribution in [-0.4, -0.2) is 12.2 Å². The molecular weight excluding hydrogens is 247 g/mol. The lowest BCUT2D eigenvalue weighted by atomic mass is 10.2. The smallest absolute Gasteiger partial charge is 0.133 e. The van der Waals surface area contributed by atoms with Gasteiger partial charge in [-0.15, -0.1) is 0 Å². The summed E-state index contributed by atoms with van der Waals surface area (Å²) in [7, 11) is 1.49. The third kappa shape index (κ3) is 3.23. The van der Waals surface area contributed by atoms with Crippen molar-refractivity contribution in [2.45, 2.75) is 13.2 Å². The first kappa shape index (κ1) is 13.4. The molecule has 0 aliphatic heterocycles. The SMILES string of the molecule is COc1ccc(COc2ccccc2CO)c(F)c1. The summed E-state index contributed by atoms with van der Waals surface area (Å²) in [6, 6.07) is 11.7. The Kier molecular flexibility index (Phi) is 4.36. The van der Waals surface area contributed by atoms with Crippen LogP contribution in [0, 0.1) is 5.82 Å². The summed E-state index contributed by atoms with van der Waals surface area (Å²) < 4.78 is 24.2. The summed E-state index contributed by atoms with van der Waals surface area (Å²) in [6.07, 6.45) is 0. The maximum atomic E-state index is 13.7. The first-order chi connectivity index (χ1) is 9.24. The van der Waals surface area contributed by atoms with E-state index < -0.39 is 0 Å². The number of methoxy groups -OCH3 is 1. The normalized spacial score (nSPS) is 10.3. The highest BCUT2D eigenvalue weighted by atomic mass is 19.1. The molecule has 2 aromatic rings. The van der Waals surface area contributed by atoms with Crippen molar-refractivity contribution in [2.75, 3.05) is 7.11 Å². The Morgan fingerprint density at radius 3 is 2.58 bits per heavy atom. The summed E-state index contributed by atoms with van der Waals surface area (Å²) in [5.74, 6) is 0.651. The number of halogens is 1. The molecule has 2 rings (SSSR count). The summed E-state index contributed by atoms with van der Waals surface area (Å²) in [5.41, 5.74) is 1.12. The Morgan fingerprint density at radius 2 is 1.89 bits per heavy atom. The van der Waals surface area contributed by atoms with E-state index in [1.54, 1.807) is 30.3 Å². The van der Waals surface area contributed by atoms with Crippen molar-refractivity contribution >= 4 is 0 Å². The molecule has 0 fully saturated rings. The predicted molar refractivity (Wildman–Crippen MR) is 69.6 cm³/mol. The highest BCUT2D eigenvalue weighted by Gasteiger charge is 2.06. The van der Waals surface area contributed by atoms with Crippen molar-refractivity contribution in [3.63, 3.8) is 0 Å². The molecule has 0 spiro atoms. The number of para-hydroxylation sites is 1. The fourth-order valence-electron chi connectivity index (χ4n) is 1.70. The average Bonchev–Trinajstić information content (AvgIpc) is 2.46. The van der Waals surface area contributed by atoms with Gasteiger partial charge in [0, 0.05) is 17.2 Å². The van der Waals surface area contributed by atoms with Gasteiger partial charge in [-0.25, -0.2) is 4.39 Å². The molecule has 1 N–H and O–H groups in total. The third-order valence-corrected chi connectivity index (χ3v) is 2.79. The molecule has 0 saturated heterocycles. The maximum Gasteiger partial charge on any atom is 0.133 e. The van der Waals surface area contributed by atoms with Crippen molar-refractivity contribution in [3.8, 4) is 11.5 Å². The molecule has 2 aromatic carbocycles.